The second-order valence-corrected chi connectivity index (χ2v) is 8.00. The van der Waals surface area contributed by atoms with E-state index in [-0.39, 0.29) is 5.25 Å². The zero-order valence-electron chi connectivity index (χ0n) is 10.3. The maximum absolute atomic E-state index is 12.1. The minimum atomic E-state index is -3.16. The molecule has 2 aromatic rings. The number of ether oxygens (including phenoxy) is 1. The van der Waals surface area contributed by atoms with Crippen LogP contribution >= 0.6 is 11.3 Å². The summed E-state index contributed by atoms with van der Waals surface area (Å²) in [4.78, 5) is 15.2. The van der Waals surface area contributed by atoms with Gasteiger partial charge in [0, 0.05) is 5.39 Å². The number of rotatable bonds is 4. The molecule has 0 bridgehead atoms. The van der Waals surface area contributed by atoms with Crippen LogP contribution in [0, 0.1) is 0 Å². The van der Waals surface area contributed by atoms with E-state index in [9.17, 15) is 13.2 Å². The van der Waals surface area contributed by atoms with Gasteiger partial charge < -0.3 is 9.72 Å². The quantitative estimate of drug-likeness (QED) is 0.879. The van der Waals surface area contributed by atoms with Gasteiger partial charge in [-0.05, 0) is 31.9 Å². The van der Waals surface area contributed by atoms with Gasteiger partial charge in [0.05, 0.1) is 11.9 Å². The molecule has 1 aliphatic rings. The van der Waals surface area contributed by atoms with Crippen molar-refractivity contribution in [3.05, 3.63) is 17.8 Å². The summed E-state index contributed by atoms with van der Waals surface area (Å²) in [7, 11) is -3.16. The number of fused-ring (bicyclic) bond motifs is 1. The van der Waals surface area contributed by atoms with E-state index in [0.29, 0.717) is 21.3 Å². The number of nitrogens with one attached hydrogen (secondary N) is 1. The maximum atomic E-state index is 12.1. The monoisotopic (exact) mass is 299 g/mol. The minimum absolute atomic E-state index is 0.209. The van der Waals surface area contributed by atoms with Gasteiger partial charge in [-0.15, -0.1) is 11.3 Å². The Hall–Kier alpha value is -1.34. The average Bonchev–Trinajstić information content (AvgIpc) is 3.01. The summed E-state index contributed by atoms with van der Waals surface area (Å²) >= 11 is 1.18. The van der Waals surface area contributed by atoms with Crippen LogP contribution < -0.4 is 0 Å². The summed E-state index contributed by atoms with van der Waals surface area (Å²) < 4.78 is 29.4. The first-order chi connectivity index (χ1) is 9.02. The molecular weight excluding hydrogens is 286 g/mol. The van der Waals surface area contributed by atoms with Crippen molar-refractivity contribution >= 4 is 37.4 Å². The van der Waals surface area contributed by atoms with E-state index in [1.54, 1.807) is 19.1 Å². The van der Waals surface area contributed by atoms with Crippen molar-refractivity contribution in [3.63, 3.8) is 0 Å². The fraction of sp³-hybridized carbons (Fsp3) is 0.417. The molecule has 7 heteroatoms. The predicted molar refractivity (Wildman–Crippen MR) is 72.3 cm³/mol. The van der Waals surface area contributed by atoms with Crippen molar-refractivity contribution in [1.82, 2.24) is 4.98 Å². The molecule has 2 heterocycles. The van der Waals surface area contributed by atoms with E-state index in [0.717, 1.165) is 18.2 Å². The van der Waals surface area contributed by atoms with Crippen molar-refractivity contribution in [3.8, 4) is 0 Å². The topological polar surface area (TPSA) is 76.2 Å². The molecule has 1 fully saturated rings. The van der Waals surface area contributed by atoms with E-state index in [2.05, 4.69) is 4.98 Å². The van der Waals surface area contributed by atoms with Crippen LogP contribution in [0.4, 0.5) is 0 Å². The smallest absolute Gasteiger partial charge is 0.354 e. The first-order valence-corrected chi connectivity index (χ1v) is 8.42. The number of sulfone groups is 1. The number of thiophene rings is 1. The van der Waals surface area contributed by atoms with Crippen LogP contribution in [0.3, 0.4) is 0 Å². The molecule has 0 unspecified atom stereocenters. The number of carbonyl (C=O) groups is 1. The Bertz CT molecular complexity index is 705. The number of H-pyrrole nitrogens is 1. The van der Waals surface area contributed by atoms with E-state index < -0.39 is 15.8 Å². The third-order valence-corrected chi connectivity index (χ3v) is 6.86. The summed E-state index contributed by atoms with van der Waals surface area (Å²) in [6, 6.07) is 3.27. The van der Waals surface area contributed by atoms with E-state index in [1.807, 2.05) is 0 Å². The lowest BCUT2D eigenvalue weighted by Crippen LogP contribution is -2.05. The van der Waals surface area contributed by atoms with Gasteiger partial charge in [0.1, 0.15) is 14.7 Å². The van der Waals surface area contributed by atoms with Gasteiger partial charge in [0.25, 0.3) is 0 Å². The van der Waals surface area contributed by atoms with Gasteiger partial charge in [-0.1, -0.05) is 0 Å². The largest absolute Gasteiger partial charge is 0.461 e. The number of aromatic amines is 1. The maximum Gasteiger partial charge on any atom is 0.354 e. The summed E-state index contributed by atoms with van der Waals surface area (Å²) in [5.41, 5.74) is 0.360. The summed E-state index contributed by atoms with van der Waals surface area (Å²) in [5, 5.41) is 0.534. The van der Waals surface area contributed by atoms with Gasteiger partial charge in [0.15, 0.2) is 9.84 Å². The second-order valence-electron chi connectivity index (χ2n) is 4.50. The lowest BCUT2D eigenvalue weighted by atomic mass is 10.3. The Morgan fingerprint density at radius 3 is 2.79 bits per heavy atom. The summed E-state index contributed by atoms with van der Waals surface area (Å²) in [5.74, 6) is -0.419. The standard InChI is InChI=1S/C12H13NO4S2/c1-2-17-12(14)9-5-7-6-10(18-11(7)13-9)19(15,16)8-3-4-8/h5-6,8,13H,2-4H2,1H3. The van der Waals surface area contributed by atoms with Gasteiger partial charge in [-0.25, -0.2) is 13.2 Å². The van der Waals surface area contributed by atoms with Crippen molar-refractivity contribution in [2.45, 2.75) is 29.2 Å². The molecular formula is C12H13NO4S2. The van der Waals surface area contributed by atoms with Crippen LogP contribution in [0.25, 0.3) is 10.2 Å². The third kappa shape index (κ3) is 2.17. The fourth-order valence-electron chi connectivity index (χ4n) is 1.90. The Labute approximate surface area is 114 Å². The molecule has 0 aliphatic heterocycles. The van der Waals surface area contributed by atoms with Crippen LogP contribution in [0.5, 0.6) is 0 Å². The lowest BCUT2D eigenvalue weighted by molar-refractivity contribution is 0.0520. The molecule has 0 aromatic carbocycles. The predicted octanol–water partition coefficient (Wildman–Crippen LogP) is 2.34. The Morgan fingerprint density at radius 2 is 2.21 bits per heavy atom. The minimum Gasteiger partial charge on any atom is -0.461 e. The molecule has 2 aromatic heterocycles. The Kier molecular flexibility index (Phi) is 2.90. The highest BCUT2D eigenvalue weighted by molar-refractivity contribution is 7.94. The molecule has 5 nitrogen and oxygen atoms in total. The number of hydrogen-bond donors (Lipinski definition) is 1. The zero-order chi connectivity index (χ0) is 13.6. The second kappa shape index (κ2) is 4.35. The fourth-order valence-corrected chi connectivity index (χ4v) is 5.18. The van der Waals surface area contributed by atoms with Gasteiger partial charge in [0.2, 0.25) is 0 Å². The molecule has 102 valence electrons. The van der Waals surface area contributed by atoms with Crippen molar-refractivity contribution in [2.24, 2.45) is 0 Å². The highest BCUT2D eigenvalue weighted by atomic mass is 32.2. The molecule has 0 spiro atoms. The van der Waals surface area contributed by atoms with Crippen molar-refractivity contribution in [2.75, 3.05) is 6.61 Å². The van der Waals surface area contributed by atoms with Crippen LogP contribution in [-0.4, -0.2) is 31.2 Å². The first kappa shape index (κ1) is 12.7. The van der Waals surface area contributed by atoms with Crippen molar-refractivity contribution < 1.29 is 17.9 Å². The highest BCUT2D eigenvalue weighted by Crippen LogP contribution is 2.38. The number of esters is 1. The molecule has 0 radical (unpaired) electrons. The summed E-state index contributed by atoms with van der Waals surface area (Å²) in [6.45, 7) is 2.05. The number of hydrogen-bond acceptors (Lipinski definition) is 5. The molecule has 3 rings (SSSR count). The molecule has 0 saturated heterocycles. The van der Waals surface area contributed by atoms with E-state index >= 15 is 0 Å². The molecule has 0 amide bonds. The Morgan fingerprint density at radius 1 is 1.47 bits per heavy atom. The SMILES string of the molecule is CCOC(=O)c1cc2cc(S(=O)(=O)C3CC3)sc2[nH]1. The molecule has 0 atom stereocenters. The highest BCUT2D eigenvalue weighted by Gasteiger charge is 2.38. The van der Waals surface area contributed by atoms with Crippen LogP contribution in [0.1, 0.15) is 30.3 Å². The van der Waals surface area contributed by atoms with Crippen LogP contribution in [0.15, 0.2) is 16.3 Å². The van der Waals surface area contributed by atoms with E-state index in [4.69, 9.17) is 4.74 Å². The average molecular weight is 299 g/mol. The van der Waals surface area contributed by atoms with Gasteiger partial charge >= 0.3 is 5.97 Å². The third-order valence-electron chi connectivity index (χ3n) is 3.03. The van der Waals surface area contributed by atoms with Gasteiger partial charge in [-0.3, -0.25) is 0 Å². The normalized spacial score (nSPS) is 15.8. The Balaban J connectivity index is 1.96. The van der Waals surface area contributed by atoms with Crippen molar-refractivity contribution in [1.29, 1.82) is 0 Å². The number of aromatic nitrogens is 1. The zero-order valence-corrected chi connectivity index (χ0v) is 11.9. The molecule has 1 aliphatic carbocycles. The lowest BCUT2D eigenvalue weighted by Gasteiger charge is -1.98. The van der Waals surface area contributed by atoms with Gasteiger partial charge in [-0.2, -0.15) is 0 Å². The molecule has 1 N–H and O–H groups in total. The molecule has 1 saturated carbocycles. The van der Waals surface area contributed by atoms with E-state index in [1.165, 1.54) is 11.3 Å². The summed E-state index contributed by atoms with van der Waals surface area (Å²) in [6.07, 6.45) is 1.50. The van der Waals surface area contributed by atoms with Crippen LogP contribution in [0.2, 0.25) is 0 Å². The number of carbonyl (C=O) groups excluding carboxylic acids is 1. The first-order valence-electron chi connectivity index (χ1n) is 6.06. The molecule has 19 heavy (non-hydrogen) atoms. The van der Waals surface area contributed by atoms with Crippen LogP contribution in [-0.2, 0) is 14.6 Å².